The zero-order chi connectivity index (χ0) is 20.7. The van der Waals surface area contributed by atoms with E-state index in [1.807, 2.05) is 18.5 Å². The first-order valence-corrected chi connectivity index (χ1v) is 9.18. The number of hydrogen-bond acceptors (Lipinski definition) is 4. The van der Waals surface area contributed by atoms with Gasteiger partial charge in [0.05, 0.1) is 12.2 Å². The molecule has 6 nitrogen and oxygen atoms in total. The number of amides is 1. The summed E-state index contributed by atoms with van der Waals surface area (Å²) < 4.78 is 7.04. The molecule has 2 aromatic rings. The first-order chi connectivity index (χ1) is 13.3. The van der Waals surface area contributed by atoms with Crippen molar-refractivity contribution in [1.29, 1.82) is 0 Å². The number of aromatic nitrogens is 2. The Labute approximate surface area is 165 Å². The van der Waals surface area contributed by atoms with Gasteiger partial charge in [-0.1, -0.05) is 35.9 Å². The molecule has 0 spiro atoms. The van der Waals surface area contributed by atoms with Gasteiger partial charge in [0.25, 0.3) is 5.91 Å². The highest BCUT2D eigenvalue weighted by Crippen LogP contribution is 2.17. The van der Waals surface area contributed by atoms with Crippen molar-refractivity contribution in [3.8, 4) is 0 Å². The summed E-state index contributed by atoms with van der Waals surface area (Å²) in [5, 5.41) is 7.16. The molecule has 0 aliphatic heterocycles. The summed E-state index contributed by atoms with van der Waals surface area (Å²) in [5.41, 5.74) is 5.02. The van der Waals surface area contributed by atoms with Gasteiger partial charge < -0.3 is 10.1 Å². The molecular formula is C22H27N3O3. The van der Waals surface area contributed by atoms with Crippen LogP contribution in [0.3, 0.4) is 0 Å². The summed E-state index contributed by atoms with van der Waals surface area (Å²) in [6.45, 7) is 12.0. The van der Waals surface area contributed by atoms with E-state index in [1.165, 1.54) is 18.6 Å². The number of benzene rings is 1. The highest BCUT2D eigenvalue weighted by atomic mass is 16.5. The number of ether oxygens (including phenoxy) is 1. The molecule has 0 saturated carbocycles. The molecule has 1 unspecified atom stereocenters. The number of esters is 1. The largest absolute Gasteiger partial charge is 0.449 e. The fraction of sp³-hybridized carbons (Fsp3) is 0.318. The average molecular weight is 381 g/mol. The molecule has 1 N–H and O–H groups in total. The summed E-state index contributed by atoms with van der Waals surface area (Å²) >= 11 is 0. The Kier molecular flexibility index (Phi) is 7.32. The van der Waals surface area contributed by atoms with Gasteiger partial charge in [-0.2, -0.15) is 5.10 Å². The van der Waals surface area contributed by atoms with Gasteiger partial charge in [0, 0.05) is 23.9 Å². The van der Waals surface area contributed by atoms with Crippen molar-refractivity contribution in [2.75, 3.05) is 6.54 Å². The summed E-state index contributed by atoms with van der Waals surface area (Å²) in [4.78, 5) is 23.8. The van der Waals surface area contributed by atoms with Crippen LogP contribution in [0.15, 0.2) is 43.0 Å². The number of nitrogens with zero attached hydrogens (tertiary/aromatic N) is 2. The molecule has 1 amide bonds. The molecule has 0 aliphatic rings. The van der Waals surface area contributed by atoms with E-state index in [4.69, 9.17) is 4.74 Å². The fourth-order valence-electron chi connectivity index (χ4n) is 2.71. The van der Waals surface area contributed by atoms with E-state index in [0.717, 1.165) is 22.5 Å². The van der Waals surface area contributed by atoms with Crippen LogP contribution < -0.4 is 5.32 Å². The maximum atomic E-state index is 12.0. The Hall–Kier alpha value is -3.15. The molecule has 0 saturated heterocycles. The Morgan fingerprint density at radius 1 is 1.25 bits per heavy atom. The van der Waals surface area contributed by atoms with Gasteiger partial charge in [0.15, 0.2) is 6.10 Å². The van der Waals surface area contributed by atoms with Gasteiger partial charge in [-0.3, -0.25) is 9.48 Å². The number of aryl methyl sites for hydroxylation is 2. The minimum atomic E-state index is -0.872. The summed E-state index contributed by atoms with van der Waals surface area (Å²) in [7, 11) is 0. The summed E-state index contributed by atoms with van der Waals surface area (Å²) in [6, 6.07) is 8.31. The van der Waals surface area contributed by atoms with E-state index >= 15 is 0 Å². The summed E-state index contributed by atoms with van der Waals surface area (Å²) in [5.74, 6) is -0.939. The molecule has 1 aromatic carbocycles. The number of nitrogens with one attached hydrogen (secondary N) is 1. The standard InChI is InChI=1S/C22H27N3O3/c1-6-13-23-22(27)18(5)28-21(26)12-11-20-16(3)24-25(17(20)4)14-19-9-7-15(2)8-10-19/h6-12,18H,1,13-14H2,2-5H3,(H,23,27)/b12-11+. The topological polar surface area (TPSA) is 73.2 Å². The van der Waals surface area contributed by atoms with Gasteiger partial charge in [-0.05, 0) is 39.3 Å². The van der Waals surface area contributed by atoms with E-state index in [1.54, 1.807) is 12.2 Å². The van der Waals surface area contributed by atoms with Gasteiger partial charge >= 0.3 is 5.97 Å². The third-order valence-corrected chi connectivity index (χ3v) is 4.36. The van der Waals surface area contributed by atoms with Crippen molar-refractivity contribution < 1.29 is 14.3 Å². The Morgan fingerprint density at radius 3 is 2.57 bits per heavy atom. The van der Waals surface area contributed by atoms with Crippen LogP contribution in [0.25, 0.3) is 6.08 Å². The zero-order valence-electron chi connectivity index (χ0n) is 16.9. The van der Waals surface area contributed by atoms with Crippen LogP contribution in [-0.4, -0.2) is 34.3 Å². The maximum absolute atomic E-state index is 12.0. The van der Waals surface area contributed by atoms with Crippen LogP contribution in [-0.2, 0) is 20.9 Å². The van der Waals surface area contributed by atoms with Crippen molar-refractivity contribution in [1.82, 2.24) is 15.1 Å². The second-order valence-electron chi connectivity index (χ2n) is 6.67. The quantitative estimate of drug-likeness (QED) is 0.433. The Morgan fingerprint density at radius 2 is 1.93 bits per heavy atom. The number of carbonyl (C=O) groups is 2. The van der Waals surface area contributed by atoms with Crippen LogP contribution in [0.2, 0.25) is 0 Å². The molecule has 148 valence electrons. The lowest BCUT2D eigenvalue weighted by Gasteiger charge is -2.11. The first-order valence-electron chi connectivity index (χ1n) is 9.18. The molecule has 1 heterocycles. The highest BCUT2D eigenvalue weighted by molar-refractivity contribution is 5.90. The summed E-state index contributed by atoms with van der Waals surface area (Å²) in [6.07, 6.45) is 3.69. The molecule has 1 atom stereocenters. The molecule has 2 rings (SSSR count). The van der Waals surface area contributed by atoms with Crippen molar-refractivity contribution in [2.24, 2.45) is 0 Å². The third kappa shape index (κ3) is 5.67. The molecule has 0 fully saturated rings. The molecule has 28 heavy (non-hydrogen) atoms. The average Bonchev–Trinajstić information content (AvgIpc) is 2.92. The molecule has 0 radical (unpaired) electrons. The predicted octanol–water partition coefficient (Wildman–Crippen LogP) is 3.10. The maximum Gasteiger partial charge on any atom is 0.331 e. The minimum Gasteiger partial charge on any atom is -0.449 e. The predicted molar refractivity (Wildman–Crippen MR) is 110 cm³/mol. The van der Waals surface area contributed by atoms with Crippen molar-refractivity contribution in [2.45, 2.75) is 40.3 Å². The third-order valence-electron chi connectivity index (χ3n) is 4.36. The van der Waals surface area contributed by atoms with Crippen LogP contribution in [0.4, 0.5) is 0 Å². The molecule has 6 heteroatoms. The molecule has 0 aliphatic carbocycles. The lowest BCUT2D eigenvalue weighted by Crippen LogP contribution is -2.35. The molecular weight excluding hydrogens is 354 g/mol. The van der Waals surface area contributed by atoms with Gasteiger partial charge in [-0.25, -0.2) is 4.79 Å². The SMILES string of the molecule is C=CCNC(=O)C(C)OC(=O)/C=C/c1c(C)nn(Cc2ccc(C)cc2)c1C. The zero-order valence-corrected chi connectivity index (χ0v) is 16.9. The molecule has 1 aromatic heterocycles. The van der Waals surface area contributed by atoms with Crippen molar-refractivity contribution in [3.63, 3.8) is 0 Å². The van der Waals surface area contributed by atoms with Gasteiger partial charge in [-0.15, -0.1) is 6.58 Å². The Bertz CT molecular complexity index is 879. The number of rotatable bonds is 8. The van der Waals surface area contributed by atoms with E-state index in [-0.39, 0.29) is 5.91 Å². The Balaban J connectivity index is 2.04. The normalized spacial score (nSPS) is 12.0. The lowest BCUT2D eigenvalue weighted by molar-refractivity contribution is -0.150. The van der Waals surface area contributed by atoms with Crippen LogP contribution in [0.5, 0.6) is 0 Å². The minimum absolute atomic E-state index is 0.328. The van der Waals surface area contributed by atoms with E-state index in [2.05, 4.69) is 48.2 Å². The number of hydrogen-bond donors (Lipinski definition) is 1. The smallest absolute Gasteiger partial charge is 0.331 e. The number of carbonyl (C=O) groups excluding carboxylic acids is 2. The van der Waals surface area contributed by atoms with E-state index in [0.29, 0.717) is 13.1 Å². The van der Waals surface area contributed by atoms with Crippen molar-refractivity contribution in [3.05, 3.63) is 71.1 Å². The van der Waals surface area contributed by atoms with E-state index in [9.17, 15) is 9.59 Å². The second-order valence-corrected chi connectivity index (χ2v) is 6.67. The van der Waals surface area contributed by atoms with Crippen LogP contribution >= 0.6 is 0 Å². The fourth-order valence-corrected chi connectivity index (χ4v) is 2.71. The van der Waals surface area contributed by atoms with Crippen molar-refractivity contribution >= 4 is 18.0 Å². The second kappa shape index (κ2) is 9.69. The van der Waals surface area contributed by atoms with Gasteiger partial charge in [0.2, 0.25) is 0 Å². The van der Waals surface area contributed by atoms with Gasteiger partial charge in [0.1, 0.15) is 0 Å². The van der Waals surface area contributed by atoms with Crippen LogP contribution in [0.1, 0.15) is 35.0 Å². The highest BCUT2D eigenvalue weighted by Gasteiger charge is 2.16. The molecule has 0 bridgehead atoms. The monoisotopic (exact) mass is 381 g/mol. The first kappa shape index (κ1) is 21.2. The van der Waals surface area contributed by atoms with Crippen LogP contribution in [0, 0.1) is 20.8 Å². The lowest BCUT2D eigenvalue weighted by atomic mass is 10.1. The van der Waals surface area contributed by atoms with E-state index < -0.39 is 12.1 Å².